The molecule has 2 rings (SSSR count). The van der Waals surface area contributed by atoms with Gasteiger partial charge in [0, 0.05) is 16.3 Å². The summed E-state index contributed by atoms with van der Waals surface area (Å²) < 4.78 is 27.5. The number of hydrogen-bond acceptors (Lipinski definition) is 4. The smallest absolute Gasteiger partial charge is 0.263 e. The highest BCUT2D eigenvalue weighted by Crippen LogP contribution is 2.28. The van der Waals surface area contributed by atoms with Crippen molar-refractivity contribution in [2.45, 2.75) is 32.2 Å². The molecule has 0 radical (unpaired) electrons. The molecule has 1 aromatic heterocycles. The molecule has 0 aliphatic carbocycles. The van der Waals surface area contributed by atoms with Crippen molar-refractivity contribution < 1.29 is 8.42 Å². The zero-order valence-electron chi connectivity index (χ0n) is 11.7. The average molecular weight is 310 g/mol. The molecule has 2 aromatic rings. The molecule has 0 saturated heterocycles. The summed E-state index contributed by atoms with van der Waals surface area (Å²) in [7, 11) is -3.56. The number of benzene rings is 1. The van der Waals surface area contributed by atoms with Crippen molar-refractivity contribution in [2.75, 3.05) is 4.72 Å². The fraction of sp³-hybridized carbons (Fsp3) is 0.286. The summed E-state index contributed by atoms with van der Waals surface area (Å²) in [5.74, 6) is 0. The molecule has 4 nitrogen and oxygen atoms in total. The first-order chi connectivity index (χ1) is 9.33. The van der Waals surface area contributed by atoms with Gasteiger partial charge in [0.25, 0.3) is 10.0 Å². The maximum atomic E-state index is 12.4. The number of aryl methyl sites for hydroxylation is 3. The van der Waals surface area contributed by atoms with E-state index in [2.05, 4.69) is 4.72 Å². The van der Waals surface area contributed by atoms with Gasteiger partial charge in [-0.3, -0.25) is 4.72 Å². The predicted octanol–water partition coefficient (Wildman–Crippen LogP) is 2.93. The maximum absolute atomic E-state index is 12.4. The van der Waals surface area contributed by atoms with E-state index in [0.29, 0.717) is 17.1 Å². The first-order valence-electron chi connectivity index (χ1n) is 6.23. The molecular weight excluding hydrogens is 292 g/mol. The van der Waals surface area contributed by atoms with Crippen molar-refractivity contribution in [3.63, 3.8) is 0 Å². The fourth-order valence-electron chi connectivity index (χ4n) is 2.02. The Bertz CT molecular complexity index is 734. The Morgan fingerprint density at radius 2 is 1.90 bits per heavy atom. The normalized spacial score (nSPS) is 11.6. The second kappa shape index (κ2) is 5.55. The molecule has 1 aromatic carbocycles. The zero-order chi connectivity index (χ0) is 14.9. The summed E-state index contributed by atoms with van der Waals surface area (Å²) >= 11 is 1.41. The molecule has 0 aliphatic heterocycles. The Morgan fingerprint density at radius 1 is 1.20 bits per heavy atom. The number of anilines is 1. The van der Waals surface area contributed by atoms with Gasteiger partial charge in [-0.15, -0.1) is 11.3 Å². The van der Waals surface area contributed by atoms with Crippen LogP contribution in [0.2, 0.25) is 0 Å². The molecule has 6 heteroatoms. The molecule has 0 unspecified atom stereocenters. The zero-order valence-corrected chi connectivity index (χ0v) is 13.4. The second-order valence-electron chi connectivity index (χ2n) is 4.76. The van der Waals surface area contributed by atoms with Crippen LogP contribution >= 0.6 is 11.3 Å². The highest BCUT2D eigenvalue weighted by Gasteiger charge is 2.20. The molecule has 0 spiro atoms. The van der Waals surface area contributed by atoms with Gasteiger partial charge in [-0.1, -0.05) is 17.7 Å². The van der Waals surface area contributed by atoms with E-state index in [1.165, 1.54) is 11.3 Å². The lowest BCUT2D eigenvalue weighted by molar-refractivity contribution is 0.601. The quantitative estimate of drug-likeness (QED) is 0.912. The molecule has 108 valence electrons. The van der Waals surface area contributed by atoms with Crippen LogP contribution in [0.3, 0.4) is 0 Å². The third kappa shape index (κ3) is 3.03. The molecule has 0 atom stereocenters. The number of sulfonamides is 1. The van der Waals surface area contributed by atoms with Crippen molar-refractivity contribution in [1.29, 1.82) is 0 Å². The van der Waals surface area contributed by atoms with Crippen LogP contribution in [0, 0.1) is 20.8 Å². The van der Waals surface area contributed by atoms with Gasteiger partial charge in [0.2, 0.25) is 0 Å². The van der Waals surface area contributed by atoms with Crippen molar-refractivity contribution in [3.05, 3.63) is 45.1 Å². The Labute approximate surface area is 123 Å². The highest BCUT2D eigenvalue weighted by atomic mass is 32.2. The van der Waals surface area contributed by atoms with Gasteiger partial charge in [0.05, 0.1) is 5.69 Å². The molecule has 3 N–H and O–H groups in total. The molecule has 0 saturated carbocycles. The summed E-state index contributed by atoms with van der Waals surface area (Å²) in [5, 5.41) is 0. The Morgan fingerprint density at radius 3 is 2.45 bits per heavy atom. The molecule has 0 fully saturated rings. The lowest BCUT2D eigenvalue weighted by atomic mass is 10.1. The lowest BCUT2D eigenvalue weighted by Gasteiger charge is -2.10. The fourth-order valence-corrected chi connectivity index (χ4v) is 4.67. The van der Waals surface area contributed by atoms with Crippen LogP contribution in [0.4, 0.5) is 5.69 Å². The van der Waals surface area contributed by atoms with Gasteiger partial charge < -0.3 is 5.73 Å². The minimum atomic E-state index is -3.56. The molecular formula is C14H18N2O2S2. The van der Waals surface area contributed by atoms with Gasteiger partial charge in [-0.05, 0) is 38.5 Å². The average Bonchev–Trinajstić information content (AvgIpc) is 2.75. The molecule has 0 amide bonds. The summed E-state index contributed by atoms with van der Waals surface area (Å²) in [6, 6.07) is 7.26. The first kappa shape index (κ1) is 15.0. The topological polar surface area (TPSA) is 72.2 Å². The standard InChI is InChI=1S/C14H18N2O2S2/c1-9-4-5-13(10(2)6-9)16-20(17,18)14-7-12(8-15)19-11(14)3/h4-7,16H,8,15H2,1-3H3. The van der Waals surface area contributed by atoms with Crippen molar-refractivity contribution in [1.82, 2.24) is 0 Å². The minimum absolute atomic E-state index is 0.308. The van der Waals surface area contributed by atoms with E-state index in [0.717, 1.165) is 20.9 Å². The van der Waals surface area contributed by atoms with E-state index >= 15 is 0 Å². The lowest BCUT2D eigenvalue weighted by Crippen LogP contribution is -2.14. The monoisotopic (exact) mass is 310 g/mol. The molecule has 20 heavy (non-hydrogen) atoms. The first-order valence-corrected chi connectivity index (χ1v) is 8.53. The SMILES string of the molecule is Cc1ccc(NS(=O)(=O)c2cc(CN)sc2C)c(C)c1. The van der Waals surface area contributed by atoms with Crippen LogP contribution in [0.15, 0.2) is 29.2 Å². The van der Waals surface area contributed by atoms with Gasteiger partial charge >= 0.3 is 0 Å². The van der Waals surface area contributed by atoms with Crippen LogP contribution in [-0.2, 0) is 16.6 Å². The van der Waals surface area contributed by atoms with Gasteiger partial charge in [0.1, 0.15) is 4.90 Å². The Balaban J connectivity index is 2.38. The van der Waals surface area contributed by atoms with Crippen LogP contribution in [0.1, 0.15) is 20.9 Å². The molecule has 0 bridgehead atoms. The minimum Gasteiger partial charge on any atom is -0.326 e. The third-order valence-electron chi connectivity index (χ3n) is 3.04. The van der Waals surface area contributed by atoms with Gasteiger partial charge in [0.15, 0.2) is 0 Å². The summed E-state index contributed by atoms with van der Waals surface area (Å²) in [4.78, 5) is 1.93. The van der Waals surface area contributed by atoms with Crippen molar-refractivity contribution >= 4 is 27.0 Å². The Hall–Kier alpha value is -1.37. The number of rotatable bonds is 4. The van der Waals surface area contributed by atoms with E-state index in [1.807, 2.05) is 26.0 Å². The van der Waals surface area contributed by atoms with Gasteiger partial charge in [-0.2, -0.15) is 0 Å². The van der Waals surface area contributed by atoms with E-state index in [4.69, 9.17) is 5.73 Å². The molecule has 1 heterocycles. The molecule has 0 aliphatic rings. The van der Waals surface area contributed by atoms with Crippen LogP contribution in [0.25, 0.3) is 0 Å². The largest absolute Gasteiger partial charge is 0.326 e. The number of nitrogens with one attached hydrogen (secondary N) is 1. The van der Waals surface area contributed by atoms with Crippen molar-refractivity contribution in [3.8, 4) is 0 Å². The van der Waals surface area contributed by atoms with Crippen LogP contribution in [-0.4, -0.2) is 8.42 Å². The number of nitrogens with two attached hydrogens (primary N) is 1. The highest BCUT2D eigenvalue weighted by molar-refractivity contribution is 7.93. The summed E-state index contributed by atoms with van der Waals surface area (Å²) in [6.45, 7) is 6.00. The maximum Gasteiger partial charge on any atom is 0.263 e. The number of thiophene rings is 1. The van der Waals surface area contributed by atoms with Crippen LogP contribution < -0.4 is 10.5 Å². The van der Waals surface area contributed by atoms with E-state index in [1.54, 1.807) is 19.1 Å². The second-order valence-corrected chi connectivity index (χ2v) is 7.75. The summed E-state index contributed by atoms with van der Waals surface area (Å²) in [5.41, 5.74) is 8.17. The van der Waals surface area contributed by atoms with E-state index < -0.39 is 10.0 Å². The van der Waals surface area contributed by atoms with Crippen molar-refractivity contribution in [2.24, 2.45) is 5.73 Å². The summed E-state index contributed by atoms with van der Waals surface area (Å²) in [6.07, 6.45) is 0. The number of hydrogen-bond donors (Lipinski definition) is 2. The third-order valence-corrected chi connectivity index (χ3v) is 5.73. The predicted molar refractivity (Wildman–Crippen MR) is 83.7 cm³/mol. The van der Waals surface area contributed by atoms with Gasteiger partial charge in [-0.25, -0.2) is 8.42 Å². The van der Waals surface area contributed by atoms with Crippen LogP contribution in [0.5, 0.6) is 0 Å². The van der Waals surface area contributed by atoms with E-state index in [-0.39, 0.29) is 0 Å². The Kier molecular flexibility index (Phi) is 4.17. The van der Waals surface area contributed by atoms with E-state index in [9.17, 15) is 8.42 Å².